The molecule has 4 rings (SSSR count). The minimum atomic E-state index is -0.462. The van der Waals surface area contributed by atoms with Gasteiger partial charge in [0.15, 0.2) is 0 Å². The van der Waals surface area contributed by atoms with Gasteiger partial charge in [0.25, 0.3) is 11.8 Å². The zero-order valence-corrected chi connectivity index (χ0v) is 22.7. The minimum Gasteiger partial charge on any atom is -0.325 e. The van der Waals surface area contributed by atoms with Crippen molar-refractivity contribution in [3.8, 4) is 0 Å². The summed E-state index contributed by atoms with van der Waals surface area (Å²) in [5.41, 5.74) is 1.72. The van der Waals surface area contributed by atoms with E-state index in [1.165, 1.54) is 23.1 Å². The number of amides is 3. The number of thioether (sulfide) groups is 1. The van der Waals surface area contributed by atoms with E-state index in [0.29, 0.717) is 22.0 Å². The topological polar surface area (TPSA) is 87.3 Å². The Bertz CT molecular complexity index is 1460. The molecule has 1 unspecified atom stereocenters. The fraction of sp³-hybridized carbons (Fsp3) is 0.0690. The van der Waals surface area contributed by atoms with Crippen LogP contribution in [0.4, 0.5) is 11.4 Å². The van der Waals surface area contributed by atoms with Crippen LogP contribution in [0.15, 0.2) is 107 Å². The Morgan fingerprint density at radius 2 is 1.61 bits per heavy atom. The standard InChI is InChI=1S/C29H24ClN3O3S2/c1-19(27(34)31-22-11-5-10-21(30)16-22)38-25-13-6-12-23(17-25)32-29(36)26(18-24-14-7-15-37-24)33-28(35)20-8-3-2-4-9-20/h2-19H,1H3,(H,31,34)(H,32,36)(H,33,35)/b26-18-. The zero-order valence-electron chi connectivity index (χ0n) is 20.3. The molecule has 9 heteroatoms. The molecule has 6 nitrogen and oxygen atoms in total. The van der Waals surface area contributed by atoms with Crippen molar-refractivity contribution in [2.24, 2.45) is 0 Å². The normalized spacial score (nSPS) is 11.9. The van der Waals surface area contributed by atoms with Gasteiger partial charge in [-0.2, -0.15) is 0 Å². The van der Waals surface area contributed by atoms with Crippen LogP contribution in [0.1, 0.15) is 22.2 Å². The monoisotopic (exact) mass is 561 g/mol. The largest absolute Gasteiger partial charge is 0.325 e. The van der Waals surface area contributed by atoms with Crippen molar-refractivity contribution in [3.63, 3.8) is 0 Å². The highest BCUT2D eigenvalue weighted by Crippen LogP contribution is 2.27. The van der Waals surface area contributed by atoms with Gasteiger partial charge in [0.2, 0.25) is 5.91 Å². The molecule has 1 heterocycles. The molecule has 192 valence electrons. The first-order valence-electron chi connectivity index (χ1n) is 11.6. The maximum Gasteiger partial charge on any atom is 0.272 e. The lowest BCUT2D eigenvalue weighted by atomic mass is 10.2. The molecule has 0 aliphatic heterocycles. The first kappa shape index (κ1) is 27.2. The van der Waals surface area contributed by atoms with Gasteiger partial charge in [-0.3, -0.25) is 14.4 Å². The Labute approximate surface area is 234 Å². The molecule has 1 atom stereocenters. The molecular formula is C29H24ClN3O3S2. The lowest BCUT2D eigenvalue weighted by Crippen LogP contribution is -2.30. The molecule has 3 N–H and O–H groups in total. The number of thiophene rings is 1. The molecule has 0 fully saturated rings. The van der Waals surface area contributed by atoms with Gasteiger partial charge >= 0.3 is 0 Å². The van der Waals surface area contributed by atoms with Crippen molar-refractivity contribution in [1.82, 2.24) is 5.32 Å². The highest BCUT2D eigenvalue weighted by atomic mass is 35.5. The first-order chi connectivity index (χ1) is 18.4. The average molecular weight is 562 g/mol. The summed E-state index contributed by atoms with van der Waals surface area (Å²) in [6.07, 6.45) is 1.64. The minimum absolute atomic E-state index is 0.119. The number of nitrogens with one attached hydrogen (secondary N) is 3. The number of hydrogen-bond donors (Lipinski definition) is 3. The molecular weight excluding hydrogens is 538 g/mol. The smallest absolute Gasteiger partial charge is 0.272 e. The number of carbonyl (C=O) groups is 3. The van der Waals surface area contributed by atoms with Gasteiger partial charge in [-0.05, 0) is 73.0 Å². The van der Waals surface area contributed by atoms with E-state index in [1.807, 2.05) is 29.6 Å². The van der Waals surface area contributed by atoms with Crippen LogP contribution in [0.3, 0.4) is 0 Å². The number of benzene rings is 3. The molecule has 0 aliphatic rings. The van der Waals surface area contributed by atoms with Crippen molar-refractivity contribution in [2.45, 2.75) is 17.1 Å². The number of anilines is 2. The Balaban J connectivity index is 1.44. The molecule has 4 aromatic rings. The van der Waals surface area contributed by atoms with Gasteiger partial charge in [-0.1, -0.05) is 48.0 Å². The lowest BCUT2D eigenvalue weighted by molar-refractivity contribution is -0.115. The van der Waals surface area contributed by atoms with Crippen molar-refractivity contribution in [3.05, 3.63) is 118 Å². The second-order valence-electron chi connectivity index (χ2n) is 8.14. The third-order valence-corrected chi connectivity index (χ3v) is 7.37. The van der Waals surface area contributed by atoms with E-state index in [-0.39, 0.29) is 17.5 Å². The molecule has 38 heavy (non-hydrogen) atoms. The number of halogens is 1. The third kappa shape index (κ3) is 7.82. The van der Waals surface area contributed by atoms with E-state index in [1.54, 1.807) is 79.7 Å². The van der Waals surface area contributed by atoms with Gasteiger partial charge in [-0.25, -0.2) is 0 Å². The lowest BCUT2D eigenvalue weighted by Gasteiger charge is -2.14. The van der Waals surface area contributed by atoms with Crippen LogP contribution in [0, 0.1) is 0 Å². The summed E-state index contributed by atoms with van der Waals surface area (Å²) < 4.78 is 0. The summed E-state index contributed by atoms with van der Waals surface area (Å²) in [6, 6.07) is 26.6. The summed E-state index contributed by atoms with van der Waals surface area (Å²) in [4.78, 5) is 40.2. The van der Waals surface area contributed by atoms with Gasteiger partial charge < -0.3 is 16.0 Å². The molecule has 3 amide bonds. The van der Waals surface area contributed by atoms with Crippen LogP contribution in [0.2, 0.25) is 5.02 Å². The third-order valence-electron chi connectivity index (χ3n) is 5.22. The second kappa shape index (κ2) is 13.1. The van der Waals surface area contributed by atoms with E-state index in [2.05, 4.69) is 16.0 Å². The maximum atomic E-state index is 13.2. The van der Waals surface area contributed by atoms with Crippen LogP contribution in [0.5, 0.6) is 0 Å². The van der Waals surface area contributed by atoms with Crippen molar-refractivity contribution in [1.29, 1.82) is 0 Å². The predicted molar refractivity (Wildman–Crippen MR) is 157 cm³/mol. The van der Waals surface area contributed by atoms with Gasteiger partial charge in [0, 0.05) is 31.7 Å². The van der Waals surface area contributed by atoms with E-state index in [0.717, 1.165) is 9.77 Å². The van der Waals surface area contributed by atoms with Gasteiger partial charge in [0.05, 0.1) is 5.25 Å². The first-order valence-corrected chi connectivity index (χ1v) is 13.8. The molecule has 0 radical (unpaired) electrons. The van der Waals surface area contributed by atoms with E-state index >= 15 is 0 Å². The van der Waals surface area contributed by atoms with E-state index < -0.39 is 11.2 Å². The van der Waals surface area contributed by atoms with Crippen molar-refractivity contribution < 1.29 is 14.4 Å². The van der Waals surface area contributed by atoms with E-state index in [9.17, 15) is 14.4 Å². The molecule has 0 aliphatic carbocycles. The summed E-state index contributed by atoms with van der Waals surface area (Å²) in [5, 5.41) is 10.5. The quantitative estimate of drug-likeness (QED) is 0.153. The van der Waals surface area contributed by atoms with Gasteiger partial charge in [0.1, 0.15) is 5.70 Å². The van der Waals surface area contributed by atoms with Crippen LogP contribution in [-0.4, -0.2) is 23.0 Å². The molecule has 0 saturated heterocycles. The Hall–Kier alpha value is -3.85. The fourth-order valence-corrected chi connectivity index (χ4v) is 5.15. The molecule has 0 bridgehead atoms. The summed E-state index contributed by atoms with van der Waals surface area (Å²) in [5.74, 6) is -1.01. The molecule has 0 saturated carbocycles. The van der Waals surface area contributed by atoms with Crippen molar-refractivity contribution >= 4 is 69.9 Å². The summed E-state index contributed by atoms with van der Waals surface area (Å²) >= 11 is 8.81. The van der Waals surface area contributed by atoms with E-state index in [4.69, 9.17) is 11.6 Å². The SMILES string of the molecule is CC(Sc1cccc(NC(=O)/C(=C/c2cccs2)NC(=O)c2ccccc2)c1)C(=O)Nc1cccc(Cl)c1. The number of hydrogen-bond acceptors (Lipinski definition) is 5. The Morgan fingerprint density at radius 3 is 2.32 bits per heavy atom. The zero-order chi connectivity index (χ0) is 26.9. The average Bonchev–Trinajstić information content (AvgIpc) is 3.42. The highest BCUT2D eigenvalue weighted by Gasteiger charge is 2.17. The molecule has 0 spiro atoms. The van der Waals surface area contributed by atoms with Crippen molar-refractivity contribution in [2.75, 3.05) is 10.6 Å². The maximum absolute atomic E-state index is 13.2. The van der Waals surface area contributed by atoms with Crippen LogP contribution >= 0.6 is 34.7 Å². The highest BCUT2D eigenvalue weighted by molar-refractivity contribution is 8.00. The number of carbonyl (C=O) groups excluding carboxylic acids is 3. The fourth-order valence-electron chi connectivity index (χ4n) is 3.37. The van der Waals surface area contributed by atoms with Crippen LogP contribution < -0.4 is 16.0 Å². The molecule has 3 aromatic carbocycles. The predicted octanol–water partition coefficient (Wildman–Crippen LogP) is 6.93. The van der Waals surface area contributed by atoms with Crippen LogP contribution in [-0.2, 0) is 9.59 Å². The Morgan fingerprint density at radius 1 is 0.868 bits per heavy atom. The van der Waals surface area contributed by atoms with Crippen LogP contribution in [0.25, 0.3) is 6.08 Å². The summed E-state index contributed by atoms with van der Waals surface area (Å²) in [6.45, 7) is 1.80. The second-order valence-corrected chi connectivity index (χ2v) is 11.0. The Kier molecular flexibility index (Phi) is 9.37. The molecule has 1 aromatic heterocycles. The van der Waals surface area contributed by atoms with Gasteiger partial charge in [-0.15, -0.1) is 23.1 Å². The number of rotatable bonds is 9. The summed E-state index contributed by atoms with van der Waals surface area (Å²) in [7, 11) is 0.